The third kappa shape index (κ3) is 7.14. The Labute approximate surface area is 213 Å². The van der Waals surface area contributed by atoms with Crippen LogP contribution in [0.5, 0.6) is 5.75 Å². The van der Waals surface area contributed by atoms with E-state index in [-0.39, 0.29) is 19.6 Å². The van der Waals surface area contributed by atoms with Crippen molar-refractivity contribution in [3.05, 3.63) is 78.4 Å². The van der Waals surface area contributed by atoms with Gasteiger partial charge in [0, 0.05) is 20.3 Å². The van der Waals surface area contributed by atoms with Crippen LogP contribution in [0.4, 0.5) is 0 Å². The lowest BCUT2D eigenvalue weighted by Crippen LogP contribution is -2.25. The fourth-order valence-electron chi connectivity index (χ4n) is 3.23. The predicted octanol–water partition coefficient (Wildman–Crippen LogP) is 3.23. The van der Waals surface area contributed by atoms with Crippen molar-refractivity contribution in [2.75, 3.05) is 27.6 Å². The standard InChI is InChI=1S/C22H23NO7S3.C2H6O/c1-16(23-31(3,24)25)17-8-12-19(13-9-17)32(26,27)21-6-4-5-7-22(21)33(28,29)20-14-10-18(30-2)11-15-20;1-3-2/h4-16,23H,1-3H3;1-2H3/i2-1;. The molecule has 1 N–H and O–H groups in total. The second-order valence-corrected chi connectivity index (χ2v) is 13.3. The van der Waals surface area contributed by atoms with Gasteiger partial charge in [0.25, 0.3) is 0 Å². The molecule has 1 unspecified atom stereocenters. The minimum Gasteiger partial charge on any atom is -0.497 e. The van der Waals surface area contributed by atoms with Crippen molar-refractivity contribution >= 4 is 29.7 Å². The van der Waals surface area contributed by atoms with Gasteiger partial charge in [-0.05, 0) is 61.0 Å². The highest BCUT2D eigenvalue weighted by atomic mass is 32.2. The van der Waals surface area contributed by atoms with Crippen molar-refractivity contribution in [3.8, 4) is 5.75 Å². The van der Waals surface area contributed by atoms with Crippen LogP contribution in [0.2, 0.25) is 0 Å². The van der Waals surface area contributed by atoms with Crippen molar-refractivity contribution in [3.63, 3.8) is 0 Å². The monoisotopic (exact) mass is 554 g/mol. The molecule has 0 radical (unpaired) electrons. The van der Waals surface area contributed by atoms with E-state index in [9.17, 15) is 25.3 Å². The van der Waals surface area contributed by atoms with Crippen LogP contribution in [0.25, 0.3) is 0 Å². The van der Waals surface area contributed by atoms with E-state index in [4.69, 9.17) is 4.74 Å². The molecule has 0 saturated carbocycles. The van der Waals surface area contributed by atoms with Crippen LogP contribution in [0.3, 0.4) is 0 Å². The minimum atomic E-state index is -4.19. The Morgan fingerprint density at radius 2 is 1.06 bits per heavy atom. The van der Waals surface area contributed by atoms with Crippen LogP contribution >= 0.6 is 0 Å². The Kier molecular flexibility index (Phi) is 9.80. The summed E-state index contributed by atoms with van der Waals surface area (Å²) in [6.45, 7) is 1.63. The minimum absolute atomic E-state index is 0.0676. The van der Waals surface area contributed by atoms with Gasteiger partial charge in [-0.25, -0.2) is 30.0 Å². The van der Waals surface area contributed by atoms with Gasteiger partial charge in [0.2, 0.25) is 29.7 Å². The molecule has 0 spiro atoms. The Bertz CT molecular complexity index is 1480. The maximum atomic E-state index is 13.3. The highest BCUT2D eigenvalue weighted by Gasteiger charge is 2.29. The Balaban J connectivity index is 0.00000145. The van der Waals surface area contributed by atoms with Gasteiger partial charge in [-0.3, -0.25) is 0 Å². The number of nitrogens with one attached hydrogen (secondary N) is 1. The molecule has 0 fully saturated rings. The van der Waals surface area contributed by atoms with E-state index in [1.165, 1.54) is 79.9 Å². The van der Waals surface area contributed by atoms with Crippen LogP contribution in [0, 0.1) is 0 Å². The number of hydrogen-bond acceptors (Lipinski definition) is 8. The van der Waals surface area contributed by atoms with Crippen molar-refractivity contribution < 1.29 is 34.7 Å². The number of hydrogen-bond donors (Lipinski definition) is 1. The zero-order valence-corrected chi connectivity index (χ0v) is 22.9. The molecule has 0 aliphatic heterocycles. The number of rotatable bonds is 8. The Morgan fingerprint density at radius 3 is 1.42 bits per heavy atom. The van der Waals surface area contributed by atoms with Crippen LogP contribution < -0.4 is 9.46 Å². The van der Waals surface area contributed by atoms with Gasteiger partial charge in [0.05, 0.1) is 32.9 Å². The predicted molar refractivity (Wildman–Crippen MR) is 136 cm³/mol. The van der Waals surface area contributed by atoms with E-state index in [0.29, 0.717) is 11.3 Å². The lowest BCUT2D eigenvalue weighted by atomic mass is 10.1. The molecular weight excluding hydrogens is 525 g/mol. The van der Waals surface area contributed by atoms with E-state index < -0.39 is 35.7 Å². The zero-order valence-electron chi connectivity index (χ0n) is 20.5. The molecule has 0 aromatic heterocycles. The smallest absolute Gasteiger partial charge is 0.209 e. The molecule has 0 amide bonds. The highest BCUT2D eigenvalue weighted by Crippen LogP contribution is 2.32. The summed E-state index contributed by atoms with van der Waals surface area (Å²) >= 11 is 0. The first-order valence-corrected chi connectivity index (χ1v) is 15.3. The maximum absolute atomic E-state index is 13.3. The first kappa shape index (κ1) is 29.5. The molecule has 1 atom stereocenters. The summed E-state index contributed by atoms with van der Waals surface area (Å²) in [6, 6.07) is 16.1. The molecule has 3 rings (SSSR count). The average molecular weight is 555 g/mol. The van der Waals surface area contributed by atoms with Gasteiger partial charge >= 0.3 is 0 Å². The van der Waals surface area contributed by atoms with Gasteiger partial charge in [-0.2, -0.15) is 0 Å². The number of ether oxygens (including phenoxy) is 2. The van der Waals surface area contributed by atoms with Crippen molar-refractivity contribution in [2.24, 2.45) is 0 Å². The molecule has 3 aromatic carbocycles. The average Bonchev–Trinajstić information content (AvgIpc) is 2.83. The number of benzene rings is 3. The van der Waals surface area contributed by atoms with Crippen LogP contribution in [-0.2, 0) is 34.4 Å². The first-order valence-electron chi connectivity index (χ1n) is 10.5. The second kappa shape index (κ2) is 12.0. The van der Waals surface area contributed by atoms with Crippen molar-refractivity contribution in [1.82, 2.24) is 4.72 Å². The maximum Gasteiger partial charge on any atom is 0.209 e. The molecular formula is C24H29NO8S3. The van der Waals surface area contributed by atoms with Gasteiger partial charge < -0.3 is 9.47 Å². The Morgan fingerprint density at radius 1 is 0.667 bits per heavy atom. The molecule has 12 heteroatoms. The third-order valence-electron chi connectivity index (χ3n) is 4.88. The molecule has 0 saturated heterocycles. The van der Waals surface area contributed by atoms with Crippen LogP contribution in [0.1, 0.15) is 18.5 Å². The second-order valence-electron chi connectivity index (χ2n) is 7.72. The van der Waals surface area contributed by atoms with E-state index in [1.807, 2.05) is 0 Å². The summed E-state index contributed by atoms with van der Waals surface area (Å²) in [5.41, 5.74) is 0.554. The van der Waals surface area contributed by atoms with Crippen LogP contribution in [-0.4, -0.2) is 52.8 Å². The van der Waals surface area contributed by atoms with E-state index in [1.54, 1.807) is 21.1 Å². The molecule has 9 nitrogen and oxygen atoms in total. The van der Waals surface area contributed by atoms with E-state index >= 15 is 0 Å². The van der Waals surface area contributed by atoms with Crippen molar-refractivity contribution in [2.45, 2.75) is 32.5 Å². The summed E-state index contributed by atoms with van der Waals surface area (Å²) in [4.78, 5) is -0.876. The molecule has 0 heterocycles. The van der Waals surface area contributed by atoms with E-state index in [2.05, 4.69) is 9.46 Å². The van der Waals surface area contributed by atoms with Gasteiger partial charge in [-0.15, -0.1) is 0 Å². The molecule has 3 aromatic rings. The quantitative estimate of drug-likeness (QED) is 0.449. The van der Waals surface area contributed by atoms with Gasteiger partial charge in [-0.1, -0.05) is 24.3 Å². The zero-order chi connectivity index (χ0) is 27.1. The lowest BCUT2D eigenvalue weighted by molar-refractivity contribution is 0.277. The number of sulfone groups is 2. The fourth-order valence-corrected chi connectivity index (χ4v) is 7.34. The van der Waals surface area contributed by atoms with Gasteiger partial charge in [0.1, 0.15) is 5.75 Å². The van der Waals surface area contributed by atoms with Crippen molar-refractivity contribution in [1.29, 1.82) is 0 Å². The summed E-state index contributed by atoms with van der Waals surface area (Å²) in [7, 11) is -7.08. The summed E-state index contributed by atoms with van der Waals surface area (Å²) in [6.07, 6.45) is 1.03. The highest BCUT2D eigenvalue weighted by molar-refractivity contribution is 7.94. The Hall–Kier alpha value is -2.77. The van der Waals surface area contributed by atoms with Crippen LogP contribution in [0.15, 0.2) is 92.4 Å². The molecule has 0 aliphatic carbocycles. The topological polar surface area (TPSA) is 133 Å². The molecule has 0 bridgehead atoms. The molecule has 36 heavy (non-hydrogen) atoms. The summed E-state index contributed by atoms with van der Waals surface area (Å²) in [5, 5.41) is 0. The largest absolute Gasteiger partial charge is 0.497 e. The summed E-state index contributed by atoms with van der Waals surface area (Å²) in [5.74, 6) is 0.467. The number of methoxy groups -OCH3 is 2. The lowest BCUT2D eigenvalue weighted by Gasteiger charge is -2.14. The first-order chi connectivity index (χ1) is 16.8. The SMILES string of the molecule is CC(NS(C)(=O)=O)c1ccc(S(=O)(=O)c2ccccc2S(=O)(=O)c2ccc(O[11CH3])cc2)cc1.COC. The molecule has 196 valence electrons. The van der Waals surface area contributed by atoms with Gasteiger partial charge in [0.15, 0.2) is 0 Å². The normalized spacial score (nSPS) is 12.8. The third-order valence-corrected chi connectivity index (χ3v) is 9.45. The fraction of sp³-hybridized carbons (Fsp3) is 0.250. The number of sulfonamides is 1. The summed E-state index contributed by atoms with van der Waals surface area (Å²) < 4.78 is 87.8. The molecule has 0 aliphatic rings. The van der Waals surface area contributed by atoms with E-state index in [0.717, 1.165) is 6.26 Å².